The Labute approximate surface area is 151 Å². The summed E-state index contributed by atoms with van der Waals surface area (Å²) < 4.78 is 5.20. The van der Waals surface area contributed by atoms with Gasteiger partial charge in [-0.15, -0.1) is 0 Å². The molecule has 1 unspecified atom stereocenters. The first-order valence-corrected chi connectivity index (χ1v) is 8.79. The Morgan fingerprint density at radius 3 is 2.40 bits per heavy atom. The second-order valence-electron chi connectivity index (χ2n) is 6.00. The van der Waals surface area contributed by atoms with Crippen LogP contribution >= 0.6 is 0 Å². The zero-order valence-corrected chi connectivity index (χ0v) is 15.0. The molecule has 0 spiro atoms. The second kappa shape index (κ2) is 9.71. The first-order chi connectivity index (χ1) is 12.2. The van der Waals surface area contributed by atoms with E-state index in [1.54, 1.807) is 13.2 Å². The van der Waals surface area contributed by atoms with Crippen molar-refractivity contribution < 1.29 is 9.84 Å². The molecule has 0 bridgehead atoms. The van der Waals surface area contributed by atoms with Crippen LogP contribution in [-0.2, 0) is 5.60 Å². The van der Waals surface area contributed by atoms with Crippen LogP contribution in [0, 0.1) is 11.8 Å². The largest absolute Gasteiger partial charge is 0.497 e. The first kappa shape index (κ1) is 18.8. The Bertz CT molecular complexity index is 720. The molecule has 0 aromatic heterocycles. The average molecular weight is 334 g/mol. The average Bonchev–Trinajstić information content (AvgIpc) is 2.67. The van der Waals surface area contributed by atoms with Crippen LogP contribution in [0.5, 0.6) is 5.75 Å². The first-order valence-electron chi connectivity index (χ1n) is 8.79. The van der Waals surface area contributed by atoms with Crippen LogP contribution in [0.2, 0.25) is 0 Å². The van der Waals surface area contributed by atoms with Crippen molar-refractivity contribution in [1.29, 1.82) is 0 Å². The van der Waals surface area contributed by atoms with Gasteiger partial charge in [0.1, 0.15) is 5.75 Å². The summed E-state index contributed by atoms with van der Waals surface area (Å²) in [6.45, 7) is 2.17. The van der Waals surface area contributed by atoms with Gasteiger partial charge in [-0.25, -0.2) is 0 Å². The van der Waals surface area contributed by atoms with E-state index in [9.17, 15) is 5.11 Å². The topological polar surface area (TPSA) is 29.5 Å². The van der Waals surface area contributed by atoms with Gasteiger partial charge >= 0.3 is 0 Å². The smallest absolute Gasteiger partial charge is 0.170 e. The van der Waals surface area contributed by atoms with Gasteiger partial charge in [-0.05, 0) is 30.2 Å². The van der Waals surface area contributed by atoms with Crippen molar-refractivity contribution in [3.8, 4) is 17.6 Å². The minimum absolute atomic E-state index is 0.739. The Hall–Kier alpha value is -2.50. The lowest BCUT2D eigenvalue weighted by Gasteiger charge is -2.19. The fraction of sp³-hybridized carbons (Fsp3) is 0.304. The quantitative estimate of drug-likeness (QED) is 0.558. The molecule has 0 saturated heterocycles. The van der Waals surface area contributed by atoms with Gasteiger partial charge in [0.2, 0.25) is 0 Å². The van der Waals surface area contributed by atoms with Crippen molar-refractivity contribution in [3.05, 3.63) is 71.8 Å². The lowest BCUT2D eigenvalue weighted by atomic mass is 9.92. The van der Waals surface area contributed by atoms with Crippen LogP contribution in [0.1, 0.15) is 43.7 Å². The molecule has 0 radical (unpaired) electrons. The summed E-state index contributed by atoms with van der Waals surface area (Å²) >= 11 is 0. The molecule has 0 fully saturated rings. The summed E-state index contributed by atoms with van der Waals surface area (Å²) in [6.07, 6.45) is 7.85. The number of hydrogen-bond acceptors (Lipinski definition) is 2. The van der Waals surface area contributed by atoms with Crippen LogP contribution in [0.15, 0.2) is 60.7 Å². The number of aliphatic hydroxyl groups is 1. The Morgan fingerprint density at radius 2 is 1.76 bits per heavy atom. The van der Waals surface area contributed by atoms with Crippen LogP contribution in [0.4, 0.5) is 0 Å². The number of rotatable bonds is 7. The van der Waals surface area contributed by atoms with Gasteiger partial charge in [0, 0.05) is 12.0 Å². The van der Waals surface area contributed by atoms with Crippen LogP contribution in [0.25, 0.3) is 6.08 Å². The van der Waals surface area contributed by atoms with Gasteiger partial charge in [0.25, 0.3) is 0 Å². The Kier molecular flexibility index (Phi) is 7.32. The van der Waals surface area contributed by atoms with Gasteiger partial charge < -0.3 is 9.84 Å². The molecular formula is C23H26O2. The molecule has 0 amide bonds. The predicted molar refractivity (Wildman–Crippen MR) is 104 cm³/mol. The number of unbranched alkanes of at least 4 members (excludes halogenated alkanes) is 3. The monoisotopic (exact) mass is 334 g/mol. The third kappa shape index (κ3) is 5.81. The van der Waals surface area contributed by atoms with Crippen molar-refractivity contribution in [1.82, 2.24) is 0 Å². The zero-order valence-electron chi connectivity index (χ0n) is 15.0. The van der Waals surface area contributed by atoms with E-state index in [1.807, 2.05) is 60.7 Å². The zero-order chi connectivity index (χ0) is 18.0. The Balaban J connectivity index is 2.27. The fourth-order valence-corrected chi connectivity index (χ4v) is 2.50. The van der Waals surface area contributed by atoms with Gasteiger partial charge in [-0.1, -0.05) is 80.1 Å². The molecule has 2 heteroatoms. The summed E-state index contributed by atoms with van der Waals surface area (Å²) in [6, 6.07) is 17.3. The molecule has 0 aliphatic heterocycles. The highest BCUT2D eigenvalue weighted by molar-refractivity contribution is 5.54. The molecule has 2 rings (SSSR count). The van der Waals surface area contributed by atoms with Crippen molar-refractivity contribution >= 4 is 6.08 Å². The summed E-state index contributed by atoms with van der Waals surface area (Å²) in [4.78, 5) is 0. The lowest BCUT2D eigenvalue weighted by Crippen LogP contribution is -2.20. The summed E-state index contributed by atoms with van der Waals surface area (Å²) in [7, 11) is 1.63. The normalized spacial score (nSPS) is 13.1. The molecule has 0 aliphatic rings. The maximum atomic E-state index is 11.2. The number of hydrogen-bond donors (Lipinski definition) is 1. The predicted octanol–water partition coefficient (Wildman–Crippen LogP) is 5.18. The summed E-state index contributed by atoms with van der Waals surface area (Å²) in [5.41, 5.74) is 0.458. The van der Waals surface area contributed by atoms with E-state index in [2.05, 4.69) is 18.8 Å². The fourth-order valence-electron chi connectivity index (χ4n) is 2.50. The van der Waals surface area contributed by atoms with E-state index in [1.165, 1.54) is 6.42 Å². The van der Waals surface area contributed by atoms with E-state index < -0.39 is 5.60 Å². The summed E-state index contributed by atoms with van der Waals surface area (Å²) in [5.74, 6) is 6.96. The van der Waals surface area contributed by atoms with Crippen LogP contribution in [-0.4, -0.2) is 12.2 Å². The second-order valence-corrected chi connectivity index (χ2v) is 6.00. The standard InChI is InChI=1S/C23H26O2/c1-3-4-5-6-10-18-23(24,19-17-20-11-8-7-9-12-20)21-13-15-22(25-2)16-14-21/h7-9,11-17,19,24H,3-6H2,1-2H3/b19-17+. The molecule has 1 N–H and O–H groups in total. The SMILES string of the molecule is CCCCCC#CC(O)(/C=C/c1ccccc1)c1ccc(OC)cc1. The van der Waals surface area contributed by atoms with Gasteiger partial charge in [-0.2, -0.15) is 0 Å². The van der Waals surface area contributed by atoms with E-state index in [0.717, 1.165) is 36.1 Å². The van der Waals surface area contributed by atoms with E-state index in [-0.39, 0.29) is 0 Å². The van der Waals surface area contributed by atoms with E-state index in [4.69, 9.17) is 4.74 Å². The molecule has 130 valence electrons. The Morgan fingerprint density at radius 1 is 1.04 bits per heavy atom. The van der Waals surface area contributed by atoms with Crippen LogP contribution < -0.4 is 4.74 Å². The molecule has 0 saturated carbocycles. The van der Waals surface area contributed by atoms with Crippen molar-refractivity contribution in [2.45, 2.75) is 38.2 Å². The number of benzene rings is 2. The highest BCUT2D eigenvalue weighted by Gasteiger charge is 2.23. The van der Waals surface area contributed by atoms with Crippen LogP contribution in [0.3, 0.4) is 0 Å². The van der Waals surface area contributed by atoms with E-state index in [0.29, 0.717) is 0 Å². The van der Waals surface area contributed by atoms with Crippen molar-refractivity contribution in [2.24, 2.45) is 0 Å². The highest BCUT2D eigenvalue weighted by atomic mass is 16.5. The maximum Gasteiger partial charge on any atom is 0.170 e. The van der Waals surface area contributed by atoms with Crippen molar-refractivity contribution in [3.63, 3.8) is 0 Å². The molecule has 2 nitrogen and oxygen atoms in total. The van der Waals surface area contributed by atoms with Gasteiger partial charge in [-0.3, -0.25) is 0 Å². The van der Waals surface area contributed by atoms with E-state index >= 15 is 0 Å². The third-order valence-electron chi connectivity index (χ3n) is 4.03. The molecule has 0 heterocycles. The van der Waals surface area contributed by atoms with Gasteiger partial charge in [0.05, 0.1) is 7.11 Å². The molecular weight excluding hydrogens is 308 g/mol. The third-order valence-corrected chi connectivity index (χ3v) is 4.03. The van der Waals surface area contributed by atoms with Gasteiger partial charge in [0.15, 0.2) is 5.60 Å². The number of methoxy groups -OCH3 is 1. The minimum Gasteiger partial charge on any atom is -0.497 e. The lowest BCUT2D eigenvalue weighted by molar-refractivity contribution is 0.155. The molecule has 1 atom stereocenters. The molecule has 2 aromatic carbocycles. The minimum atomic E-state index is -1.31. The maximum absolute atomic E-state index is 11.2. The summed E-state index contributed by atoms with van der Waals surface area (Å²) in [5, 5.41) is 11.2. The van der Waals surface area contributed by atoms with Crippen molar-refractivity contribution in [2.75, 3.05) is 7.11 Å². The molecule has 0 aliphatic carbocycles. The molecule has 25 heavy (non-hydrogen) atoms. The number of ether oxygens (including phenoxy) is 1. The molecule has 2 aromatic rings. The highest BCUT2D eigenvalue weighted by Crippen LogP contribution is 2.25.